The van der Waals surface area contributed by atoms with Crippen LogP contribution in [0.15, 0.2) is 0 Å². The van der Waals surface area contributed by atoms with Gasteiger partial charge in [-0.05, 0) is 63.7 Å². The summed E-state index contributed by atoms with van der Waals surface area (Å²) >= 11 is 10.3. The first kappa shape index (κ1) is 24.8. The van der Waals surface area contributed by atoms with Gasteiger partial charge in [-0.1, -0.05) is 0 Å². The summed E-state index contributed by atoms with van der Waals surface area (Å²) in [4.78, 5) is 63.5. The molecular formula is C16H24Cl2O8. The lowest BCUT2D eigenvalue weighted by atomic mass is 9.94. The molecule has 0 N–H and O–H groups in total. The minimum atomic E-state index is -0.837. The van der Waals surface area contributed by atoms with E-state index in [4.69, 9.17) is 33.0 Å². The average Bonchev–Trinajstić information content (AvgIpc) is 2.53. The zero-order chi connectivity index (χ0) is 20.4. The molecule has 0 atom stereocenters. The number of carbonyl (C=O) groups excluding carboxylic acids is 4. The highest BCUT2D eigenvalue weighted by Gasteiger charge is 2.29. The molecule has 26 heavy (non-hydrogen) atoms. The third-order valence-electron chi connectivity index (χ3n) is 3.10. The van der Waals surface area contributed by atoms with Crippen molar-refractivity contribution >= 4 is 45.6 Å². The molecule has 10 heteroatoms. The van der Waals surface area contributed by atoms with E-state index < -0.39 is 33.6 Å². The highest BCUT2D eigenvalue weighted by atomic mass is 35.5. The molecule has 0 fully saturated rings. The molecule has 0 aliphatic heterocycles. The average molecular weight is 415 g/mol. The molecule has 0 aromatic heterocycles. The Morgan fingerprint density at radius 1 is 0.654 bits per heavy atom. The van der Waals surface area contributed by atoms with Crippen LogP contribution in [0, 0.1) is 0 Å². The molecule has 0 radical (unpaired) electrons. The molecular weight excluding hydrogens is 391 g/mol. The van der Waals surface area contributed by atoms with E-state index in [-0.39, 0.29) is 25.7 Å². The number of halogens is 2. The van der Waals surface area contributed by atoms with Crippen LogP contribution in [0.5, 0.6) is 0 Å². The standard InChI is InChI=1S/C16H24Cl2O8/c1-15(2,25-23-13(21)7-5-11(17)19)9-10-16(3,4)26-24-14(22)8-6-12(18)20/h5-10H2,1-4H3. The van der Waals surface area contributed by atoms with Gasteiger partial charge in [-0.25, -0.2) is 9.59 Å². The molecule has 0 aliphatic carbocycles. The quantitative estimate of drug-likeness (QED) is 0.256. The topological polar surface area (TPSA) is 105 Å². The fourth-order valence-corrected chi connectivity index (χ4v) is 1.68. The van der Waals surface area contributed by atoms with E-state index in [2.05, 4.69) is 9.78 Å². The maximum atomic E-state index is 11.4. The van der Waals surface area contributed by atoms with Crippen molar-refractivity contribution in [2.24, 2.45) is 0 Å². The first-order chi connectivity index (χ1) is 11.8. The Kier molecular flexibility index (Phi) is 10.9. The van der Waals surface area contributed by atoms with Crippen molar-refractivity contribution in [3.63, 3.8) is 0 Å². The van der Waals surface area contributed by atoms with Gasteiger partial charge in [0.2, 0.25) is 10.5 Å². The smallest absolute Gasteiger partial charge is 0.298 e. The zero-order valence-electron chi connectivity index (χ0n) is 15.3. The summed E-state index contributed by atoms with van der Waals surface area (Å²) in [5.41, 5.74) is -1.67. The SMILES string of the molecule is CC(C)(CCC(C)(C)OOC(=O)CCC(=O)Cl)OOC(=O)CCC(=O)Cl. The first-order valence-electron chi connectivity index (χ1n) is 7.97. The lowest BCUT2D eigenvalue weighted by molar-refractivity contribution is -0.340. The van der Waals surface area contributed by atoms with Crippen molar-refractivity contribution in [3.05, 3.63) is 0 Å². The Bertz CT molecular complexity index is 470. The van der Waals surface area contributed by atoms with Gasteiger partial charge in [0, 0.05) is 12.8 Å². The lowest BCUT2D eigenvalue weighted by Crippen LogP contribution is -2.32. The fourth-order valence-electron chi connectivity index (χ4n) is 1.49. The van der Waals surface area contributed by atoms with Gasteiger partial charge in [0.1, 0.15) is 11.2 Å². The van der Waals surface area contributed by atoms with Crippen LogP contribution < -0.4 is 0 Å². The molecule has 0 rings (SSSR count). The maximum absolute atomic E-state index is 11.4. The summed E-state index contributed by atoms with van der Waals surface area (Å²) in [6, 6.07) is 0. The van der Waals surface area contributed by atoms with Crippen molar-refractivity contribution in [1.82, 2.24) is 0 Å². The van der Waals surface area contributed by atoms with Gasteiger partial charge >= 0.3 is 11.9 Å². The number of hydrogen-bond acceptors (Lipinski definition) is 8. The summed E-state index contributed by atoms with van der Waals surface area (Å²) in [6.45, 7) is 6.78. The summed E-state index contributed by atoms with van der Waals surface area (Å²) in [7, 11) is 0. The molecule has 0 aliphatic rings. The van der Waals surface area contributed by atoms with Gasteiger partial charge in [0.15, 0.2) is 0 Å². The van der Waals surface area contributed by atoms with E-state index in [1.165, 1.54) is 0 Å². The van der Waals surface area contributed by atoms with E-state index in [0.29, 0.717) is 12.8 Å². The Morgan fingerprint density at radius 3 is 1.23 bits per heavy atom. The second-order valence-electron chi connectivity index (χ2n) is 6.81. The van der Waals surface area contributed by atoms with Crippen LogP contribution >= 0.6 is 23.2 Å². The number of rotatable bonds is 13. The van der Waals surface area contributed by atoms with Crippen LogP contribution in [0.2, 0.25) is 0 Å². The van der Waals surface area contributed by atoms with Crippen molar-refractivity contribution in [2.75, 3.05) is 0 Å². The fraction of sp³-hybridized carbons (Fsp3) is 0.750. The van der Waals surface area contributed by atoms with Crippen molar-refractivity contribution in [2.45, 2.75) is 77.4 Å². The first-order valence-corrected chi connectivity index (χ1v) is 8.72. The van der Waals surface area contributed by atoms with Crippen molar-refractivity contribution in [1.29, 1.82) is 0 Å². The Balaban J connectivity index is 4.20. The molecule has 0 spiro atoms. The zero-order valence-corrected chi connectivity index (χ0v) is 16.8. The molecule has 0 heterocycles. The monoisotopic (exact) mass is 414 g/mol. The van der Waals surface area contributed by atoms with Crippen LogP contribution in [-0.4, -0.2) is 33.6 Å². The molecule has 0 saturated heterocycles. The van der Waals surface area contributed by atoms with Gasteiger partial charge < -0.3 is 0 Å². The predicted octanol–water partition coefficient (Wildman–Crippen LogP) is 3.36. The largest absolute Gasteiger partial charge is 0.342 e. The van der Waals surface area contributed by atoms with Gasteiger partial charge in [0.05, 0.1) is 12.8 Å². The van der Waals surface area contributed by atoms with Crippen LogP contribution in [0.1, 0.15) is 66.2 Å². The molecule has 0 aromatic rings. The van der Waals surface area contributed by atoms with E-state index >= 15 is 0 Å². The van der Waals surface area contributed by atoms with E-state index in [1.807, 2.05) is 0 Å². The molecule has 0 unspecified atom stereocenters. The van der Waals surface area contributed by atoms with Crippen molar-refractivity contribution < 1.29 is 38.7 Å². The van der Waals surface area contributed by atoms with Crippen LogP contribution in [0.25, 0.3) is 0 Å². The lowest BCUT2D eigenvalue weighted by Gasteiger charge is -2.28. The minimum absolute atomic E-state index is 0.133. The van der Waals surface area contributed by atoms with Gasteiger partial charge in [-0.2, -0.15) is 9.78 Å². The van der Waals surface area contributed by atoms with Gasteiger partial charge in [-0.3, -0.25) is 19.4 Å². The summed E-state index contributed by atoms with van der Waals surface area (Å²) in [5.74, 6) is -1.41. The molecule has 8 nitrogen and oxygen atoms in total. The maximum Gasteiger partial charge on any atom is 0.342 e. The Hall–Kier alpha value is -1.22. The minimum Gasteiger partial charge on any atom is -0.298 e. The molecule has 0 saturated carbocycles. The van der Waals surface area contributed by atoms with Gasteiger partial charge in [-0.15, -0.1) is 0 Å². The normalized spacial score (nSPS) is 11.8. The van der Waals surface area contributed by atoms with Crippen LogP contribution in [0.4, 0.5) is 0 Å². The molecule has 0 amide bonds. The molecule has 0 aromatic carbocycles. The Labute approximate surface area is 162 Å². The van der Waals surface area contributed by atoms with E-state index in [0.717, 1.165) is 0 Å². The van der Waals surface area contributed by atoms with Crippen LogP contribution in [-0.2, 0) is 38.7 Å². The predicted molar refractivity (Wildman–Crippen MR) is 91.9 cm³/mol. The van der Waals surface area contributed by atoms with Crippen LogP contribution in [0.3, 0.4) is 0 Å². The van der Waals surface area contributed by atoms with Gasteiger partial charge in [0.25, 0.3) is 0 Å². The third-order valence-corrected chi connectivity index (χ3v) is 3.48. The third kappa shape index (κ3) is 14.0. The van der Waals surface area contributed by atoms with E-state index in [1.54, 1.807) is 27.7 Å². The molecule has 150 valence electrons. The summed E-state index contributed by atoms with van der Waals surface area (Å²) < 4.78 is 0. The summed E-state index contributed by atoms with van der Waals surface area (Å²) in [5, 5.41) is -1.27. The highest BCUT2D eigenvalue weighted by Crippen LogP contribution is 2.25. The number of hydrogen-bond donors (Lipinski definition) is 0. The van der Waals surface area contributed by atoms with Crippen molar-refractivity contribution in [3.8, 4) is 0 Å². The Morgan fingerprint density at radius 2 is 0.962 bits per heavy atom. The second-order valence-corrected chi connectivity index (χ2v) is 7.65. The van der Waals surface area contributed by atoms with E-state index in [9.17, 15) is 19.2 Å². The number of carbonyl (C=O) groups is 4. The summed E-state index contributed by atoms with van der Waals surface area (Å²) in [6.07, 6.45) is 0.192. The molecule has 0 bridgehead atoms. The second kappa shape index (κ2) is 11.5. The highest BCUT2D eigenvalue weighted by molar-refractivity contribution is 6.63.